The predicted octanol–water partition coefficient (Wildman–Crippen LogP) is 2.80. The van der Waals surface area contributed by atoms with E-state index >= 15 is 0 Å². The second-order valence-electron chi connectivity index (χ2n) is 2.29. The lowest BCUT2D eigenvalue weighted by molar-refractivity contribution is 0.561. The van der Waals surface area contributed by atoms with Crippen LogP contribution in [0.5, 0.6) is 0 Å². The first-order valence-corrected chi connectivity index (χ1v) is 3.83. The molecule has 3 heteroatoms. The topological polar surface area (TPSA) is 26.0 Å². The molecule has 0 aliphatic heterocycles. The van der Waals surface area contributed by atoms with Gasteiger partial charge in [0.25, 0.3) is 6.39 Å². The van der Waals surface area contributed by atoms with Gasteiger partial charge in [0.05, 0.1) is 0 Å². The number of aromatic nitrogens is 1. The van der Waals surface area contributed by atoms with Crippen LogP contribution >= 0.6 is 11.6 Å². The maximum absolute atomic E-state index is 5.74. The number of hydrogen-bond acceptors (Lipinski definition) is 2. The van der Waals surface area contributed by atoms with Crippen LogP contribution in [-0.2, 0) is 0 Å². The quantitative estimate of drug-likeness (QED) is 0.671. The number of benzene rings is 1. The van der Waals surface area contributed by atoms with Crippen molar-refractivity contribution in [3.05, 3.63) is 41.9 Å². The Morgan fingerprint density at radius 3 is 2.58 bits per heavy atom. The van der Waals surface area contributed by atoms with Gasteiger partial charge in [0, 0.05) is 5.56 Å². The van der Waals surface area contributed by atoms with E-state index < -0.39 is 0 Å². The number of nitrogens with zero attached hydrogens (tertiary/aromatic N) is 1. The van der Waals surface area contributed by atoms with Gasteiger partial charge in [0.1, 0.15) is 0 Å². The fraction of sp³-hybridized carbons (Fsp3) is 0. The average Bonchev–Trinajstić information content (AvgIpc) is 2.53. The molecule has 0 aliphatic rings. The first-order chi connectivity index (χ1) is 5.88. The van der Waals surface area contributed by atoms with Crippen LogP contribution in [0, 0.1) is 6.39 Å². The average molecular weight is 179 g/mol. The third-order valence-corrected chi connectivity index (χ3v) is 1.77. The van der Waals surface area contributed by atoms with Crippen molar-refractivity contribution in [1.29, 1.82) is 0 Å². The van der Waals surface area contributed by atoms with Crippen LogP contribution in [0.25, 0.3) is 11.3 Å². The van der Waals surface area contributed by atoms with Crippen LogP contribution in [-0.4, -0.2) is 4.98 Å². The molecule has 0 saturated carbocycles. The molecule has 0 atom stereocenters. The van der Waals surface area contributed by atoms with E-state index in [1.807, 2.05) is 30.3 Å². The van der Waals surface area contributed by atoms with Crippen LogP contribution in [0.1, 0.15) is 0 Å². The summed E-state index contributed by atoms with van der Waals surface area (Å²) in [5, 5.41) is 0.348. The maximum Gasteiger partial charge on any atom is 0.285 e. The molecular formula is C9H5ClNO. The van der Waals surface area contributed by atoms with E-state index in [9.17, 15) is 0 Å². The largest absolute Gasteiger partial charge is 0.431 e. The molecule has 0 spiro atoms. The minimum atomic E-state index is 0.348. The highest BCUT2D eigenvalue weighted by Crippen LogP contribution is 2.25. The Morgan fingerprint density at radius 2 is 2.00 bits per heavy atom. The SMILES string of the molecule is Clc1n[c]oc1-c1ccccc1. The van der Waals surface area contributed by atoms with Crippen LogP contribution in [0.2, 0.25) is 5.15 Å². The van der Waals surface area contributed by atoms with Gasteiger partial charge in [-0.3, -0.25) is 0 Å². The van der Waals surface area contributed by atoms with Gasteiger partial charge < -0.3 is 4.42 Å². The summed E-state index contributed by atoms with van der Waals surface area (Å²) in [6, 6.07) is 9.56. The molecule has 2 rings (SSSR count). The van der Waals surface area contributed by atoms with E-state index in [0.29, 0.717) is 10.9 Å². The van der Waals surface area contributed by atoms with Gasteiger partial charge in [-0.1, -0.05) is 41.9 Å². The summed E-state index contributed by atoms with van der Waals surface area (Å²) in [6.45, 7) is 0. The summed E-state index contributed by atoms with van der Waals surface area (Å²) in [4.78, 5) is 3.67. The minimum absolute atomic E-state index is 0.348. The number of hydrogen-bond donors (Lipinski definition) is 0. The number of oxazole rings is 1. The molecule has 0 N–H and O–H groups in total. The van der Waals surface area contributed by atoms with Gasteiger partial charge in [-0.25, -0.2) is 0 Å². The molecular weight excluding hydrogens is 174 g/mol. The van der Waals surface area contributed by atoms with Crippen LogP contribution in [0.4, 0.5) is 0 Å². The van der Waals surface area contributed by atoms with Crippen molar-refractivity contribution in [3.63, 3.8) is 0 Å². The van der Waals surface area contributed by atoms with Crippen LogP contribution < -0.4 is 0 Å². The van der Waals surface area contributed by atoms with E-state index in [4.69, 9.17) is 16.0 Å². The molecule has 59 valence electrons. The molecule has 1 aromatic carbocycles. The van der Waals surface area contributed by atoms with E-state index in [1.165, 1.54) is 0 Å². The first-order valence-electron chi connectivity index (χ1n) is 3.46. The second-order valence-corrected chi connectivity index (χ2v) is 2.65. The summed E-state index contributed by atoms with van der Waals surface area (Å²) in [5.74, 6) is 0.567. The Kier molecular flexibility index (Phi) is 1.84. The summed E-state index contributed by atoms with van der Waals surface area (Å²) in [7, 11) is 0. The highest BCUT2D eigenvalue weighted by atomic mass is 35.5. The molecule has 0 unspecified atom stereocenters. The van der Waals surface area contributed by atoms with Gasteiger partial charge in [-0.2, -0.15) is 4.98 Å². The van der Waals surface area contributed by atoms with Gasteiger partial charge in [-0.15, -0.1) is 0 Å². The van der Waals surface area contributed by atoms with Crippen molar-refractivity contribution < 1.29 is 4.42 Å². The van der Waals surface area contributed by atoms with E-state index in [1.54, 1.807) is 0 Å². The van der Waals surface area contributed by atoms with Crippen molar-refractivity contribution >= 4 is 11.6 Å². The zero-order valence-corrected chi connectivity index (χ0v) is 6.88. The van der Waals surface area contributed by atoms with Crippen molar-refractivity contribution in [2.24, 2.45) is 0 Å². The third kappa shape index (κ3) is 1.21. The third-order valence-electron chi connectivity index (χ3n) is 1.51. The highest BCUT2D eigenvalue weighted by Gasteiger charge is 2.06. The second kappa shape index (κ2) is 2.99. The number of rotatable bonds is 1. The predicted molar refractivity (Wildman–Crippen MR) is 45.8 cm³/mol. The van der Waals surface area contributed by atoms with E-state index in [0.717, 1.165) is 5.56 Å². The molecule has 2 nitrogen and oxygen atoms in total. The zero-order chi connectivity index (χ0) is 8.39. The monoisotopic (exact) mass is 178 g/mol. The standard InChI is InChI=1S/C9H5ClNO/c10-9-8(12-6-11-9)7-4-2-1-3-5-7/h1-5H. The smallest absolute Gasteiger partial charge is 0.285 e. The zero-order valence-electron chi connectivity index (χ0n) is 6.12. The Bertz CT molecular complexity index is 369. The lowest BCUT2D eigenvalue weighted by Gasteiger charge is -1.93. The summed E-state index contributed by atoms with van der Waals surface area (Å²) in [5.41, 5.74) is 0.913. The Balaban J connectivity index is 2.51. The molecule has 0 aliphatic carbocycles. The van der Waals surface area contributed by atoms with Crippen LogP contribution in [0.15, 0.2) is 34.7 Å². The van der Waals surface area contributed by atoms with Crippen molar-refractivity contribution in [1.82, 2.24) is 4.98 Å². The Labute approximate surface area is 74.8 Å². The summed E-state index contributed by atoms with van der Waals surface area (Å²) >= 11 is 5.74. The van der Waals surface area contributed by atoms with Gasteiger partial charge >= 0.3 is 0 Å². The minimum Gasteiger partial charge on any atom is -0.431 e. The van der Waals surface area contributed by atoms with Gasteiger partial charge in [-0.05, 0) is 0 Å². The van der Waals surface area contributed by atoms with Gasteiger partial charge in [0.15, 0.2) is 10.9 Å². The molecule has 12 heavy (non-hydrogen) atoms. The van der Waals surface area contributed by atoms with Crippen molar-refractivity contribution in [3.8, 4) is 11.3 Å². The lowest BCUT2D eigenvalue weighted by Crippen LogP contribution is -1.72. The molecule has 0 amide bonds. The van der Waals surface area contributed by atoms with Crippen molar-refractivity contribution in [2.45, 2.75) is 0 Å². The molecule has 1 radical (unpaired) electrons. The molecule has 2 aromatic rings. The van der Waals surface area contributed by atoms with Gasteiger partial charge in [0.2, 0.25) is 0 Å². The first kappa shape index (κ1) is 7.37. The lowest BCUT2D eigenvalue weighted by atomic mass is 10.2. The Hall–Kier alpha value is -1.28. The maximum atomic E-state index is 5.74. The van der Waals surface area contributed by atoms with Crippen molar-refractivity contribution in [2.75, 3.05) is 0 Å². The fourth-order valence-corrected chi connectivity index (χ4v) is 1.15. The molecule has 0 fully saturated rings. The molecule has 1 aromatic heterocycles. The van der Waals surface area contributed by atoms with Crippen LogP contribution in [0.3, 0.4) is 0 Å². The molecule has 0 bridgehead atoms. The number of halogens is 1. The Morgan fingerprint density at radius 1 is 1.25 bits per heavy atom. The summed E-state index contributed by atoms with van der Waals surface area (Å²) in [6.07, 6.45) is 2.34. The molecule has 1 heterocycles. The molecule has 0 saturated heterocycles. The summed E-state index contributed by atoms with van der Waals surface area (Å²) < 4.78 is 4.98. The van der Waals surface area contributed by atoms with E-state index in [2.05, 4.69) is 11.4 Å². The normalized spacial score (nSPS) is 10.1. The fourth-order valence-electron chi connectivity index (χ4n) is 0.969. The highest BCUT2D eigenvalue weighted by molar-refractivity contribution is 6.31. The van der Waals surface area contributed by atoms with E-state index in [-0.39, 0.29) is 0 Å².